The summed E-state index contributed by atoms with van der Waals surface area (Å²) in [6.45, 7) is 6.24. The molecular formula is C11H20N2O2. The Bertz CT molecular complexity index is 239. The predicted octanol–water partition coefficient (Wildman–Crippen LogP) is 0.134. The van der Waals surface area contributed by atoms with Crippen molar-refractivity contribution in [2.45, 2.75) is 32.4 Å². The SMILES string of the molecule is CC(C)NC(=O)/C=C/CN1CC[C@H](O)C1. The summed E-state index contributed by atoms with van der Waals surface area (Å²) in [5.41, 5.74) is 0. The zero-order chi connectivity index (χ0) is 11.3. The number of rotatable bonds is 4. The van der Waals surface area contributed by atoms with Crippen LogP contribution < -0.4 is 5.32 Å². The highest BCUT2D eigenvalue weighted by molar-refractivity contribution is 5.87. The fraction of sp³-hybridized carbons (Fsp3) is 0.727. The molecule has 1 saturated heterocycles. The number of carbonyl (C=O) groups excluding carboxylic acids is 1. The molecule has 0 radical (unpaired) electrons. The maximum Gasteiger partial charge on any atom is 0.243 e. The molecule has 86 valence electrons. The molecule has 1 rings (SSSR count). The zero-order valence-corrected chi connectivity index (χ0v) is 9.44. The highest BCUT2D eigenvalue weighted by Crippen LogP contribution is 2.07. The van der Waals surface area contributed by atoms with Crippen molar-refractivity contribution in [3.8, 4) is 0 Å². The largest absolute Gasteiger partial charge is 0.392 e. The summed E-state index contributed by atoms with van der Waals surface area (Å²) in [6, 6.07) is 0.177. The summed E-state index contributed by atoms with van der Waals surface area (Å²) in [5, 5.41) is 12.1. The molecule has 0 aromatic heterocycles. The van der Waals surface area contributed by atoms with Gasteiger partial charge in [0.15, 0.2) is 0 Å². The molecule has 1 aliphatic rings. The van der Waals surface area contributed by atoms with E-state index in [0.29, 0.717) is 0 Å². The van der Waals surface area contributed by atoms with E-state index in [1.165, 1.54) is 0 Å². The van der Waals surface area contributed by atoms with Crippen molar-refractivity contribution in [2.24, 2.45) is 0 Å². The molecule has 4 heteroatoms. The molecule has 0 aliphatic carbocycles. The minimum atomic E-state index is -0.192. The summed E-state index contributed by atoms with van der Waals surface area (Å²) in [6.07, 6.45) is 4.05. The van der Waals surface area contributed by atoms with E-state index < -0.39 is 0 Å². The van der Waals surface area contributed by atoms with Crippen molar-refractivity contribution < 1.29 is 9.90 Å². The Kier molecular flexibility index (Phi) is 4.78. The van der Waals surface area contributed by atoms with E-state index in [4.69, 9.17) is 0 Å². The Hall–Kier alpha value is -0.870. The molecule has 0 saturated carbocycles. The number of nitrogens with one attached hydrogen (secondary N) is 1. The van der Waals surface area contributed by atoms with E-state index in [-0.39, 0.29) is 18.1 Å². The van der Waals surface area contributed by atoms with Crippen LogP contribution >= 0.6 is 0 Å². The first-order valence-electron chi connectivity index (χ1n) is 5.45. The van der Waals surface area contributed by atoms with Gasteiger partial charge in [-0.15, -0.1) is 0 Å². The van der Waals surface area contributed by atoms with Gasteiger partial charge in [-0.05, 0) is 20.3 Å². The lowest BCUT2D eigenvalue weighted by molar-refractivity contribution is -0.116. The number of hydrogen-bond donors (Lipinski definition) is 2. The van der Waals surface area contributed by atoms with Gasteiger partial charge in [0.05, 0.1) is 6.10 Å². The molecular weight excluding hydrogens is 192 g/mol. The molecule has 1 amide bonds. The molecule has 1 atom stereocenters. The van der Waals surface area contributed by atoms with Crippen molar-refractivity contribution in [2.75, 3.05) is 19.6 Å². The number of hydrogen-bond acceptors (Lipinski definition) is 3. The fourth-order valence-electron chi connectivity index (χ4n) is 1.62. The Labute approximate surface area is 91.0 Å². The van der Waals surface area contributed by atoms with Gasteiger partial charge in [-0.3, -0.25) is 9.69 Å². The quantitative estimate of drug-likeness (QED) is 0.651. The summed E-state index contributed by atoms with van der Waals surface area (Å²) in [7, 11) is 0. The third-order valence-electron chi connectivity index (χ3n) is 2.31. The van der Waals surface area contributed by atoms with Crippen LogP contribution in [-0.4, -0.2) is 47.7 Å². The molecule has 4 nitrogen and oxygen atoms in total. The van der Waals surface area contributed by atoms with Gasteiger partial charge in [0.1, 0.15) is 0 Å². The second-order valence-corrected chi connectivity index (χ2v) is 4.27. The maximum atomic E-state index is 11.2. The van der Waals surface area contributed by atoms with Gasteiger partial charge in [-0.2, -0.15) is 0 Å². The Morgan fingerprint density at radius 3 is 2.93 bits per heavy atom. The first kappa shape index (κ1) is 12.2. The molecule has 15 heavy (non-hydrogen) atoms. The van der Waals surface area contributed by atoms with E-state index in [0.717, 1.165) is 26.1 Å². The van der Waals surface area contributed by atoms with Crippen molar-refractivity contribution in [3.63, 3.8) is 0 Å². The molecule has 1 fully saturated rings. The van der Waals surface area contributed by atoms with Crippen LogP contribution in [0.3, 0.4) is 0 Å². The normalized spacial score (nSPS) is 22.8. The van der Waals surface area contributed by atoms with Gasteiger partial charge in [-0.1, -0.05) is 6.08 Å². The highest BCUT2D eigenvalue weighted by Gasteiger charge is 2.18. The van der Waals surface area contributed by atoms with Gasteiger partial charge in [-0.25, -0.2) is 0 Å². The molecule has 0 bridgehead atoms. The van der Waals surface area contributed by atoms with E-state index in [2.05, 4.69) is 10.2 Å². The minimum Gasteiger partial charge on any atom is -0.392 e. The number of likely N-dealkylation sites (tertiary alicyclic amines) is 1. The van der Waals surface area contributed by atoms with E-state index >= 15 is 0 Å². The van der Waals surface area contributed by atoms with Crippen LogP contribution in [0, 0.1) is 0 Å². The zero-order valence-electron chi connectivity index (χ0n) is 9.44. The van der Waals surface area contributed by atoms with E-state index in [9.17, 15) is 9.90 Å². The lowest BCUT2D eigenvalue weighted by atomic mass is 10.3. The molecule has 0 spiro atoms. The first-order valence-corrected chi connectivity index (χ1v) is 5.45. The van der Waals surface area contributed by atoms with Crippen molar-refractivity contribution in [3.05, 3.63) is 12.2 Å². The number of carbonyl (C=O) groups is 1. The van der Waals surface area contributed by atoms with Crippen LogP contribution in [-0.2, 0) is 4.79 Å². The molecule has 1 aliphatic heterocycles. The van der Waals surface area contributed by atoms with Crippen LogP contribution in [0.2, 0.25) is 0 Å². The van der Waals surface area contributed by atoms with Crippen LogP contribution in [0.25, 0.3) is 0 Å². The van der Waals surface area contributed by atoms with Gasteiger partial charge in [0.2, 0.25) is 5.91 Å². The Morgan fingerprint density at radius 1 is 1.67 bits per heavy atom. The monoisotopic (exact) mass is 212 g/mol. The molecule has 1 heterocycles. The number of amides is 1. The third kappa shape index (κ3) is 4.95. The number of β-amino-alcohol motifs (C(OH)–C–C–N with tert-alkyl or cyclic N) is 1. The number of aliphatic hydroxyl groups excluding tert-OH is 1. The minimum absolute atomic E-state index is 0.0512. The predicted molar refractivity (Wildman–Crippen MR) is 59.5 cm³/mol. The highest BCUT2D eigenvalue weighted by atomic mass is 16.3. The van der Waals surface area contributed by atoms with Crippen LogP contribution in [0.5, 0.6) is 0 Å². The summed E-state index contributed by atoms with van der Waals surface area (Å²) in [4.78, 5) is 13.4. The Balaban J connectivity index is 2.18. The smallest absolute Gasteiger partial charge is 0.243 e. The molecule has 0 aromatic rings. The van der Waals surface area contributed by atoms with Gasteiger partial charge < -0.3 is 10.4 Å². The Morgan fingerprint density at radius 2 is 2.40 bits per heavy atom. The number of aliphatic hydroxyl groups is 1. The lowest BCUT2D eigenvalue weighted by Crippen LogP contribution is -2.28. The molecule has 0 unspecified atom stereocenters. The van der Waals surface area contributed by atoms with E-state index in [1.54, 1.807) is 6.08 Å². The van der Waals surface area contributed by atoms with Crippen molar-refractivity contribution in [1.82, 2.24) is 10.2 Å². The van der Waals surface area contributed by atoms with Gasteiger partial charge in [0, 0.05) is 31.8 Å². The van der Waals surface area contributed by atoms with Gasteiger partial charge >= 0.3 is 0 Å². The second-order valence-electron chi connectivity index (χ2n) is 4.27. The molecule has 2 N–H and O–H groups in total. The first-order chi connectivity index (χ1) is 7.08. The maximum absolute atomic E-state index is 11.2. The van der Waals surface area contributed by atoms with Crippen molar-refractivity contribution >= 4 is 5.91 Å². The third-order valence-corrected chi connectivity index (χ3v) is 2.31. The summed E-state index contributed by atoms with van der Waals surface area (Å²) < 4.78 is 0. The van der Waals surface area contributed by atoms with Crippen molar-refractivity contribution in [1.29, 1.82) is 0 Å². The van der Waals surface area contributed by atoms with Crippen LogP contribution in [0.15, 0.2) is 12.2 Å². The van der Waals surface area contributed by atoms with Crippen LogP contribution in [0.1, 0.15) is 20.3 Å². The molecule has 0 aromatic carbocycles. The fourth-order valence-corrected chi connectivity index (χ4v) is 1.62. The van der Waals surface area contributed by atoms with Gasteiger partial charge in [0.25, 0.3) is 0 Å². The van der Waals surface area contributed by atoms with E-state index in [1.807, 2.05) is 19.9 Å². The lowest BCUT2D eigenvalue weighted by Gasteiger charge is -2.11. The topological polar surface area (TPSA) is 52.6 Å². The average Bonchev–Trinajstić information content (AvgIpc) is 2.50. The standard InChI is InChI=1S/C11H20N2O2/c1-9(2)12-11(15)4-3-6-13-7-5-10(14)8-13/h3-4,9-10,14H,5-8H2,1-2H3,(H,12,15)/b4-3+/t10-/m0/s1. The second kappa shape index (κ2) is 5.88. The average molecular weight is 212 g/mol. The summed E-state index contributed by atoms with van der Waals surface area (Å²) >= 11 is 0. The van der Waals surface area contributed by atoms with Crippen LogP contribution in [0.4, 0.5) is 0 Å². The number of nitrogens with zero attached hydrogens (tertiary/aromatic N) is 1. The summed E-state index contributed by atoms with van der Waals surface area (Å²) in [5.74, 6) is -0.0512.